The third kappa shape index (κ3) is 4.07. The van der Waals surface area contributed by atoms with E-state index in [2.05, 4.69) is 15.9 Å². The van der Waals surface area contributed by atoms with Gasteiger partial charge in [-0.15, -0.1) is 0 Å². The third-order valence-electron chi connectivity index (χ3n) is 2.96. The van der Waals surface area contributed by atoms with E-state index in [0.29, 0.717) is 11.0 Å². The van der Waals surface area contributed by atoms with E-state index in [1.165, 1.54) is 6.07 Å². The number of hydrogen-bond acceptors (Lipinski definition) is 2. The van der Waals surface area contributed by atoms with Gasteiger partial charge < -0.3 is 5.11 Å². The number of nitrogens with zero attached hydrogens (tertiary/aromatic N) is 1. The van der Waals surface area contributed by atoms with Gasteiger partial charge in [0.05, 0.1) is 11.0 Å². The van der Waals surface area contributed by atoms with Gasteiger partial charge >= 0.3 is 5.97 Å². The highest BCUT2D eigenvalue weighted by Crippen LogP contribution is 2.22. The minimum atomic E-state index is -0.872. The van der Waals surface area contributed by atoms with Gasteiger partial charge in [0, 0.05) is 12.6 Å². The van der Waals surface area contributed by atoms with Crippen molar-refractivity contribution in [1.29, 1.82) is 0 Å². The van der Waals surface area contributed by atoms with Crippen LogP contribution in [0.5, 0.6) is 0 Å². The van der Waals surface area contributed by atoms with Crippen molar-refractivity contribution < 1.29 is 14.3 Å². The molecule has 0 amide bonds. The van der Waals surface area contributed by atoms with Gasteiger partial charge in [-0.1, -0.05) is 19.1 Å². The minimum Gasteiger partial charge on any atom is -0.480 e. The Morgan fingerprint density at radius 2 is 2.22 bits per heavy atom. The first kappa shape index (κ1) is 15.1. The summed E-state index contributed by atoms with van der Waals surface area (Å²) in [4.78, 5) is 12.7. The van der Waals surface area contributed by atoms with Crippen molar-refractivity contribution in [2.45, 2.75) is 32.9 Å². The van der Waals surface area contributed by atoms with E-state index in [-0.39, 0.29) is 18.4 Å². The Morgan fingerprint density at radius 3 is 2.78 bits per heavy atom. The number of hydrogen-bond donors (Lipinski definition) is 1. The van der Waals surface area contributed by atoms with Crippen molar-refractivity contribution in [3.8, 4) is 0 Å². The van der Waals surface area contributed by atoms with Crippen LogP contribution < -0.4 is 0 Å². The summed E-state index contributed by atoms with van der Waals surface area (Å²) >= 11 is 3.20. The smallest absolute Gasteiger partial charge is 0.317 e. The fourth-order valence-electron chi connectivity index (χ4n) is 1.69. The molecule has 0 aromatic heterocycles. The second-order valence-electron chi connectivity index (χ2n) is 4.27. The van der Waals surface area contributed by atoms with Crippen molar-refractivity contribution in [2.24, 2.45) is 0 Å². The summed E-state index contributed by atoms with van der Waals surface area (Å²) in [5.41, 5.74) is 0.761. The monoisotopic (exact) mass is 317 g/mol. The Balaban J connectivity index is 2.88. The van der Waals surface area contributed by atoms with Crippen LogP contribution in [0.2, 0.25) is 0 Å². The molecule has 0 aliphatic carbocycles. The molecular formula is C13H17BrFNO2. The molecule has 0 aliphatic rings. The lowest BCUT2D eigenvalue weighted by atomic mass is 10.1. The van der Waals surface area contributed by atoms with Gasteiger partial charge in [-0.3, -0.25) is 9.69 Å². The van der Waals surface area contributed by atoms with Crippen LogP contribution in [0.4, 0.5) is 4.39 Å². The number of halogens is 2. The lowest BCUT2D eigenvalue weighted by Crippen LogP contribution is -2.36. The van der Waals surface area contributed by atoms with Gasteiger partial charge in [-0.2, -0.15) is 0 Å². The summed E-state index contributed by atoms with van der Waals surface area (Å²) in [5.74, 6) is -1.20. The Labute approximate surface area is 115 Å². The molecule has 3 nitrogen and oxygen atoms in total. The standard InChI is InChI=1S/C13H17BrFNO2/c1-3-9(2)16(8-12(17)18)7-10-5-4-6-11(15)13(10)14/h4-6,9H,3,7-8H2,1-2H3,(H,17,18). The average molecular weight is 318 g/mol. The lowest BCUT2D eigenvalue weighted by molar-refractivity contribution is -0.139. The molecule has 0 saturated heterocycles. The maximum absolute atomic E-state index is 13.4. The van der Waals surface area contributed by atoms with E-state index in [9.17, 15) is 9.18 Å². The maximum atomic E-state index is 13.4. The van der Waals surface area contributed by atoms with Gasteiger partial charge in [0.25, 0.3) is 0 Å². The van der Waals surface area contributed by atoms with Crippen LogP contribution >= 0.6 is 15.9 Å². The van der Waals surface area contributed by atoms with Crippen LogP contribution in [0.1, 0.15) is 25.8 Å². The molecule has 1 unspecified atom stereocenters. The van der Waals surface area contributed by atoms with E-state index in [0.717, 1.165) is 12.0 Å². The summed E-state index contributed by atoms with van der Waals surface area (Å²) in [6.45, 7) is 4.34. The van der Waals surface area contributed by atoms with E-state index in [4.69, 9.17) is 5.11 Å². The largest absolute Gasteiger partial charge is 0.480 e. The van der Waals surface area contributed by atoms with Crippen LogP contribution in [0, 0.1) is 5.82 Å². The summed E-state index contributed by atoms with van der Waals surface area (Å²) in [7, 11) is 0. The van der Waals surface area contributed by atoms with Crippen molar-refractivity contribution in [1.82, 2.24) is 4.90 Å². The molecule has 0 fully saturated rings. The first-order chi connectivity index (χ1) is 8.45. The predicted molar refractivity (Wildman–Crippen MR) is 71.9 cm³/mol. The molecule has 1 aromatic rings. The van der Waals surface area contributed by atoms with Gasteiger partial charge in [-0.25, -0.2) is 4.39 Å². The van der Waals surface area contributed by atoms with Crippen molar-refractivity contribution in [3.63, 3.8) is 0 Å². The quantitative estimate of drug-likeness (QED) is 0.875. The number of rotatable bonds is 6. The molecule has 5 heteroatoms. The summed E-state index contributed by atoms with van der Waals surface area (Å²) in [6, 6.07) is 4.93. The second-order valence-corrected chi connectivity index (χ2v) is 5.06. The molecule has 0 saturated carbocycles. The zero-order valence-electron chi connectivity index (χ0n) is 10.5. The SMILES string of the molecule is CCC(C)N(CC(=O)O)Cc1cccc(F)c1Br. The van der Waals surface area contributed by atoms with E-state index in [1.807, 2.05) is 18.7 Å². The Kier molecular flexibility index (Phi) is 5.75. The second kappa shape index (κ2) is 6.85. The van der Waals surface area contributed by atoms with Crippen LogP contribution in [0.15, 0.2) is 22.7 Å². The van der Waals surface area contributed by atoms with E-state index < -0.39 is 5.97 Å². The van der Waals surface area contributed by atoms with Crippen molar-refractivity contribution in [3.05, 3.63) is 34.1 Å². The molecule has 0 spiro atoms. The van der Waals surface area contributed by atoms with Crippen molar-refractivity contribution in [2.75, 3.05) is 6.54 Å². The number of aliphatic carboxylic acids is 1. The molecule has 0 radical (unpaired) electrons. The van der Waals surface area contributed by atoms with E-state index in [1.54, 1.807) is 12.1 Å². The highest BCUT2D eigenvalue weighted by atomic mass is 79.9. The molecule has 1 atom stereocenters. The van der Waals surface area contributed by atoms with Gasteiger partial charge in [0.1, 0.15) is 5.82 Å². The Morgan fingerprint density at radius 1 is 1.56 bits per heavy atom. The molecule has 1 rings (SSSR count). The summed E-state index contributed by atoms with van der Waals surface area (Å²) in [5, 5.41) is 8.90. The molecule has 1 N–H and O–H groups in total. The van der Waals surface area contributed by atoms with Crippen molar-refractivity contribution >= 4 is 21.9 Å². The lowest BCUT2D eigenvalue weighted by Gasteiger charge is -2.27. The fraction of sp³-hybridized carbons (Fsp3) is 0.462. The maximum Gasteiger partial charge on any atom is 0.317 e. The molecule has 0 aliphatic heterocycles. The van der Waals surface area contributed by atoms with Crippen LogP contribution in [0.3, 0.4) is 0 Å². The molecule has 0 heterocycles. The summed E-state index contributed by atoms with van der Waals surface area (Å²) in [6.07, 6.45) is 0.847. The zero-order valence-corrected chi connectivity index (χ0v) is 12.1. The first-order valence-electron chi connectivity index (χ1n) is 5.84. The van der Waals surface area contributed by atoms with Gasteiger partial charge in [0.15, 0.2) is 0 Å². The normalized spacial score (nSPS) is 12.7. The number of benzene rings is 1. The topological polar surface area (TPSA) is 40.5 Å². The first-order valence-corrected chi connectivity index (χ1v) is 6.63. The third-order valence-corrected chi connectivity index (χ3v) is 3.85. The predicted octanol–water partition coefficient (Wildman–Crippen LogP) is 3.27. The fourth-order valence-corrected chi connectivity index (χ4v) is 2.08. The minimum absolute atomic E-state index is 0.0437. The van der Waals surface area contributed by atoms with Crippen LogP contribution in [0.25, 0.3) is 0 Å². The molecule has 18 heavy (non-hydrogen) atoms. The molecule has 1 aromatic carbocycles. The zero-order chi connectivity index (χ0) is 13.7. The van der Waals surface area contributed by atoms with E-state index >= 15 is 0 Å². The summed E-state index contributed by atoms with van der Waals surface area (Å²) < 4.78 is 13.8. The average Bonchev–Trinajstić information content (AvgIpc) is 2.32. The highest BCUT2D eigenvalue weighted by molar-refractivity contribution is 9.10. The highest BCUT2D eigenvalue weighted by Gasteiger charge is 2.17. The Bertz CT molecular complexity index is 425. The van der Waals surface area contributed by atoms with Crippen LogP contribution in [-0.4, -0.2) is 28.6 Å². The van der Waals surface area contributed by atoms with Crippen LogP contribution in [-0.2, 0) is 11.3 Å². The number of carbonyl (C=O) groups is 1. The molecular weight excluding hydrogens is 301 g/mol. The Hall–Kier alpha value is -0.940. The molecule has 0 bridgehead atoms. The molecule has 100 valence electrons. The number of carboxylic acids is 1. The van der Waals surface area contributed by atoms with Gasteiger partial charge in [0.2, 0.25) is 0 Å². The number of carboxylic acid groups (broad SMARTS) is 1. The van der Waals surface area contributed by atoms with Gasteiger partial charge in [-0.05, 0) is 40.9 Å².